The first-order chi connectivity index (χ1) is 13.5. The summed E-state index contributed by atoms with van der Waals surface area (Å²) < 4.78 is 6.11. The molecule has 0 aliphatic carbocycles. The maximum atomic E-state index is 12.5. The fraction of sp³-hybridized carbons (Fsp3) is 0.143. The number of amides is 1. The Hall–Kier alpha value is -2.64. The summed E-state index contributed by atoms with van der Waals surface area (Å²) in [7, 11) is 1.58. The monoisotopic (exact) mass is 457 g/mol. The van der Waals surface area contributed by atoms with Crippen molar-refractivity contribution in [3.05, 3.63) is 68.3 Å². The Morgan fingerprint density at radius 2 is 2.00 bits per heavy atom. The van der Waals surface area contributed by atoms with Crippen LogP contribution in [0.3, 0.4) is 0 Å². The number of thiophene rings is 1. The van der Waals surface area contributed by atoms with E-state index < -0.39 is 5.97 Å². The van der Waals surface area contributed by atoms with Crippen molar-refractivity contribution in [1.82, 2.24) is 0 Å². The van der Waals surface area contributed by atoms with Crippen LogP contribution in [0.4, 0.5) is 5.69 Å². The summed E-state index contributed by atoms with van der Waals surface area (Å²) in [6, 6.07) is 15.0. The van der Waals surface area contributed by atoms with Gasteiger partial charge in [0.1, 0.15) is 10.6 Å². The van der Waals surface area contributed by atoms with Gasteiger partial charge >= 0.3 is 5.97 Å². The number of benzene rings is 2. The van der Waals surface area contributed by atoms with Gasteiger partial charge in [-0.3, -0.25) is 4.79 Å². The van der Waals surface area contributed by atoms with Crippen LogP contribution in [-0.4, -0.2) is 24.1 Å². The molecule has 1 atom stereocenters. The lowest BCUT2D eigenvalue weighted by atomic mass is 9.89. The summed E-state index contributed by atoms with van der Waals surface area (Å²) in [5.41, 5.74) is 2.84. The standard InChI is InChI=1S/C21H16BrNO4S/c1-27-14-7-5-11(6-8-14)17-18-19(28-20(17)21(25)26)15(10-16(24)23-18)12-3-2-4-13(22)9-12/h2-9,15H,10H2,1H3,(H,23,24)(H,25,26)/t15-/m0/s1. The van der Waals surface area contributed by atoms with Gasteiger partial charge in [-0.25, -0.2) is 4.79 Å². The zero-order valence-corrected chi connectivity index (χ0v) is 17.3. The van der Waals surface area contributed by atoms with Crippen LogP contribution in [0.25, 0.3) is 11.1 Å². The number of carbonyl (C=O) groups excluding carboxylic acids is 1. The zero-order chi connectivity index (χ0) is 19.8. The van der Waals surface area contributed by atoms with E-state index in [0.29, 0.717) is 17.0 Å². The largest absolute Gasteiger partial charge is 0.497 e. The first-order valence-electron chi connectivity index (χ1n) is 8.57. The van der Waals surface area contributed by atoms with Gasteiger partial charge in [-0.2, -0.15) is 0 Å². The number of fused-ring (bicyclic) bond motifs is 1. The third kappa shape index (κ3) is 3.31. The third-order valence-corrected chi connectivity index (χ3v) is 6.51. The molecule has 28 heavy (non-hydrogen) atoms. The lowest BCUT2D eigenvalue weighted by Crippen LogP contribution is -2.22. The second-order valence-electron chi connectivity index (χ2n) is 6.44. The molecule has 0 fully saturated rings. The van der Waals surface area contributed by atoms with Crippen LogP contribution in [0.2, 0.25) is 0 Å². The summed E-state index contributed by atoms with van der Waals surface area (Å²) in [6.45, 7) is 0. The predicted molar refractivity (Wildman–Crippen MR) is 112 cm³/mol. The molecular formula is C21H16BrNO4S. The molecule has 0 bridgehead atoms. The molecule has 142 valence electrons. The number of carboxylic acid groups (broad SMARTS) is 1. The molecular weight excluding hydrogens is 442 g/mol. The lowest BCUT2D eigenvalue weighted by molar-refractivity contribution is -0.116. The topological polar surface area (TPSA) is 75.6 Å². The Bertz CT molecular complexity index is 1070. The highest BCUT2D eigenvalue weighted by Crippen LogP contribution is 2.49. The average Bonchev–Trinajstić information content (AvgIpc) is 3.07. The highest BCUT2D eigenvalue weighted by Gasteiger charge is 2.34. The number of methoxy groups -OCH3 is 1. The number of hydrogen-bond acceptors (Lipinski definition) is 4. The van der Waals surface area contributed by atoms with E-state index in [9.17, 15) is 14.7 Å². The number of halogens is 1. The minimum absolute atomic E-state index is 0.123. The molecule has 1 aliphatic rings. The van der Waals surface area contributed by atoms with Crippen molar-refractivity contribution in [2.24, 2.45) is 0 Å². The number of rotatable bonds is 4. The van der Waals surface area contributed by atoms with Gasteiger partial charge in [-0.1, -0.05) is 40.2 Å². The SMILES string of the molecule is COc1ccc(-c2c(C(=O)O)sc3c2NC(=O)C[C@H]3c2cccc(Br)c2)cc1. The van der Waals surface area contributed by atoms with Gasteiger partial charge in [0.2, 0.25) is 5.91 Å². The number of nitrogens with one attached hydrogen (secondary N) is 1. The first kappa shape index (κ1) is 18.7. The van der Waals surface area contributed by atoms with Crippen molar-refractivity contribution in [2.75, 3.05) is 12.4 Å². The van der Waals surface area contributed by atoms with Gasteiger partial charge in [0.05, 0.1) is 12.8 Å². The van der Waals surface area contributed by atoms with Gasteiger partial charge in [-0.05, 0) is 35.4 Å². The average molecular weight is 458 g/mol. The number of carboxylic acids is 1. The summed E-state index contributed by atoms with van der Waals surface area (Å²) in [5, 5.41) is 12.7. The summed E-state index contributed by atoms with van der Waals surface area (Å²) in [6.07, 6.45) is 0.283. The van der Waals surface area contributed by atoms with Gasteiger partial charge in [0.25, 0.3) is 0 Å². The Balaban J connectivity index is 1.91. The minimum atomic E-state index is -1.01. The molecule has 0 unspecified atom stereocenters. The molecule has 1 aromatic heterocycles. The van der Waals surface area contributed by atoms with Crippen molar-refractivity contribution in [2.45, 2.75) is 12.3 Å². The smallest absolute Gasteiger partial charge is 0.346 e. The minimum Gasteiger partial charge on any atom is -0.497 e. The van der Waals surface area contributed by atoms with Crippen molar-refractivity contribution < 1.29 is 19.4 Å². The van der Waals surface area contributed by atoms with E-state index in [1.807, 2.05) is 36.4 Å². The fourth-order valence-electron chi connectivity index (χ4n) is 3.46. The molecule has 5 nitrogen and oxygen atoms in total. The Labute approximate surface area is 174 Å². The van der Waals surface area contributed by atoms with E-state index >= 15 is 0 Å². The maximum absolute atomic E-state index is 12.5. The van der Waals surface area contributed by atoms with Gasteiger partial charge in [-0.15, -0.1) is 11.3 Å². The maximum Gasteiger partial charge on any atom is 0.346 e. The predicted octanol–water partition coefficient (Wildman–Crippen LogP) is 5.36. The van der Waals surface area contributed by atoms with Gasteiger partial charge in [0.15, 0.2) is 0 Å². The van der Waals surface area contributed by atoms with Gasteiger partial charge in [0, 0.05) is 27.3 Å². The van der Waals surface area contributed by atoms with E-state index in [2.05, 4.69) is 21.2 Å². The normalized spacial score (nSPS) is 15.6. The van der Waals surface area contributed by atoms with Crippen molar-refractivity contribution in [1.29, 1.82) is 0 Å². The van der Waals surface area contributed by atoms with Crippen molar-refractivity contribution in [3.63, 3.8) is 0 Å². The molecule has 0 spiro atoms. The molecule has 1 aliphatic heterocycles. The van der Waals surface area contributed by atoms with Crippen LogP contribution >= 0.6 is 27.3 Å². The number of carbonyl (C=O) groups is 2. The Kier molecular flexibility index (Phi) is 4.95. The van der Waals surface area contributed by atoms with E-state index in [1.54, 1.807) is 19.2 Å². The van der Waals surface area contributed by atoms with Crippen LogP contribution in [0.1, 0.15) is 32.5 Å². The van der Waals surface area contributed by atoms with E-state index in [1.165, 1.54) is 11.3 Å². The van der Waals surface area contributed by atoms with Crippen LogP contribution in [0, 0.1) is 0 Å². The van der Waals surface area contributed by atoms with Crippen molar-refractivity contribution in [3.8, 4) is 16.9 Å². The van der Waals surface area contributed by atoms with Crippen LogP contribution in [0.5, 0.6) is 5.75 Å². The van der Waals surface area contributed by atoms with Crippen molar-refractivity contribution >= 4 is 44.8 Å². The number of ether oxygens (including phenoxy) is 1. The quantitative estimate of drug-likeness (QED) is 0.552. The molecule has 1 amide bonds. The van der Waals surface area contributed by atoms with E-state index in [4.69, 9.17) is 4.74 Å². The molecule has 4 rings (SSSR count). The molecule has 3 aromatic rings. The number of aromatic carboxylic acids is 1. The van der Waals surface area contributed by atoms with E-state index in [0.717, 1.165) is 20.5 Å². The number of anilines is 1. The van der Waals surface area contributed by atoms with Crippen LogP contribution in [0.15, 0.2) is 53.0 Å². The highest BCUT2D eigenvalue weighted by atomic mass is 79.9. The lowest BCUT2D eigenvalue weighted by Gasteiger charge is -2.24. The second kappa shape index (κ2) is 7.41. The zero-order valence-electron chi connectivity index (χ0n) is 14.9. The third-order valence-electron chi connectivity index (χ3n) is 4.73. The molecule has 2 heterocycles. The first-order valence-corrected chi connectivity index (χ1v) is 10.2. The molecule has 0 radical (unpaired) electrons. The molecule has 0 saturated heterocycles. The fourth-order valence-corrected chi connectivity index (χ4v) is 5.13. The van der Waals surface area contributed by atoms with Crippen LogP contribution in [-0.2, 0) is 4.79 Å². The Morgan fingerprint density at radius 3 is 2.64 bits per heavy atom. The van der Waals surface area contributed by atoms with Crippen LogP contribution < -0.4 is 10.1 Å². The molecule has 2 N–H and O–H groups in total. The molecule has 2 aromatic carbocycles. The highest BCUT2D eigenvalue weighted by molar-refractivity contribution is 9.10. The second-order valence-corrected chi connectivity index (χ2v) is 8.41. The van der Waals surface area contributed by atoms with Gasteiger partial charge < -0.3 is 15.2 Å². The molecule has 0 saturated carbocycles. The number of hydrogen-bond donors (Lipinski definition) is 2. The summed E-state index contributed by atoms with van der Waals surface area (Å²) >= 11 is 4.70. The summed E-state index contributed by atoms with van der Waals surface area (Å²) in [5.74, 6) is -0.633. The Morgan fingerprint density at radius 1 is 1.25 bits per heavy atom. The summed E-state index contributed by atoms with van der Waals surface area (Å²) in [4.78, 5) is 25.5. The molecule has 7 heteroatoms. The van der Waals surface area contributed by atoms with E-state index in [-0.39, 0.29) is 23.1 Å².